The maximum Gasteiger partial charge on any atom is 0.250 e. The summed E-state index contributed by atoms with van der Waals surface area (Å²) in [6, 6.07) is 8.06. The molecule has 0 spiro atoms. The number of methoxy groups -OCH3 is 1. The van der Waals surface area contributed by atoms with Crippen molar-refractivity contribution in [2.45, 2.75) is 25.7 Å². The molecule has 0 aromatic heterocycles. The predicted octanol–water partition coefficient (Wildman–Crippen LogP) is 2.65. The van der Waals surface area contributed by atoms with Crippen LogP contribution in [0.25, 0.3) is 0 Å². The second-order valence-corrected chi connectivity index (χ2v) is 4.93. The van der Waals surface area contributed by atoms with E-state index in [0.29, 0.717) is 0 Å². The first-order chi connectivity index (χ1) is 9.29. The first-order valence-corrected chi connectivity index (χ1v) is 6.93. The number of rotatable bonds is 4. The third-order valence-electron chi connectivity index (χ3n) is 3.40. The normalized spacial score (nSPS) is 15.9. The first-order valence-electron chi connectivity index (χ1n) is 6.93. The predicted molar refractivity (Wildman–Crippen MR) is 77.6 cm³/mol. The lowest BCUT2D eigenvalue weighted by Gasteiger charge is -2.22. The molecule has 2 rings (SSSR count). The Balaban J connectivity index is 1.95. The molecule has 1 aliphatic rings. The summed E-state index contributed by atoms with van der Waals surface area (Å²) in [5.41, 5.74) is 2.06. The van der Waals surface area contributed by atoms with Gasteiger partial charge in [0.05, 0.1) is 0 Å². The SMILES string of the molecule is COCC(=O)Nc1ccc(N2CCCCCC2)cc1. The number of nitrogens with zero attached hydrogens (tertiary/aromatic N) is 1. The zero-order valence-electron chi connectivity index (χ0n) is 11.5. The Labute approximate surface area is 114 Å². The van der Waals surface area contributed by atoms with Gasteiger partial charge in [-0.15, -0.1) is 0 Å². The summed E-state index contributed by atoms with van der Waals surface area (Å²) >= 11 is 0. The van der Waals surface area contributed by atoms with E-state index in [4.69, 9.17) is 4.74 Å². The van der Waals surface area contributed by atoms with Crippen LogP contribution in [0, 0.1) is 0 Å². The van der Waals surface area contributed by atoms with Gasteiger partial charge in [0.2, 0.25) is 5.91 Å². The van der Waals surface area contributed by atoms with Gasteiger partial charge in [0.1, 0.15) is 6.61 Å². The minimum absolute atomic E-state index is 0.0911. The summed E-state index contributed by atoms with van der Waals surface area (Å²) in [6.45, 7) is 2.36. The molecule has 1 N–H and O–H groups in total. The molecule has 4 nitrogen and oxygen atoms in total. The molecule has 1 aliphatic heterocycles. The molecule has 0 bridgehead atoms. The fourth-order valence-corrected chi connectivity index (χ4v) is 2.41. The molecule has 1 aromatic rings. The van der Waals surface area contributed by atoms with Crippen molar-refractivity contribution in [2.24, 2.45) is 0 Å². The van der Waals surface area contributed by atoms with Crippen LogP contribution in [0.15, 0.2) is 24.3 Å². The second kappa shape index (κ2) is 7.14. The molecule has 1 heterocycles. The van der Waals surface area contributed by atoms with Crippen molar-refractivity contribution in [1.82, 2.24) is 0 Å². The quantitative estimate of drug-likeness (QED) is 0.907. The molecule has 0 unspecified atom stereocenters. The monoisotopic (exact) mass is 262 g/mol. The fraction of sp³-hybridized carbons (Fsp3) is 0.533. The number of amides is 1. The number of hydrogen-bond acceptors (Lipinski definition) is 3. The van der Waals surface area contributed by atoms with Gasteiger partial charge < -0.3 is 15.0 Å². The van der Waals surface area contributed by atoms with E-state index >= 15 is 0 Å². The van der Waals surface area contributed by atoms with Crippen LogP contribution in [0.2, 0.25) is 0 Å². The molecular weight excluding hydrogens is 240 g/mol. The number of hydrogen-bond donors (Lipinski definition) is 1. The van der Waals surface area contributed by atoms with Crippen LogP contribution >= 0.6 is 0 Å². The Hall–Kier alpha value is -1.55. The molecule has 0 aliphatic carbocycles. The Kier molecular flexibility index (Phi) is 5.21. The number of anilines is 2. The summed E-state index contributed by atoms with van der Waals surface area (Å²) in [6.07, 6.45) is 5.21. The van der Waals surface area contributed by atoms with E-state index in [0.717, 1.165) is 18.8 Å². The molecule has 19 heavy (non-hydrogen) atoms. The fourth-order valence-electron chi connectivity index (χ4n) is 2.41. The zero-order chi connectivity index (χ0) is 13.5. The maximum absolute atomic E-state index is 11.4. The number of carbonyl (C=O) groups excluding carboxylic acids is 1. The third-order valence-corrected chi connectivity index (χ3v) is 3.40. The molecule has 1 aromatic carbocycles. The van der Waals surface area contributed by atoms with E-state index in [2.05, 4.69) is 22.3 Å². The highest BCUT2D eigenvalue weighted by atomic mass is 16.5. The van der Waals surface area contributed by atoms with E-state index in [-0.39, 0.29) is 12.5 Å². The van der Waals surface area contributed by atoms with Crippen molar-refractivity contribution in [3.05, 3.63) is 24.3 Å². The lowest BCUT2D eigenvalue weighted by molar-refractivity contribution is -0.119. The van der Waals surface area contributed by atoms with Crippen molar-refractivity contribution < 1.29 is 9.53 Å². The van der Waals surface area contributed by atoms with Crippen molar-refractivity contribution >= 4 is 17.3 Å². The average Bonchev–Trinajstić information content (AvgIpc) is 2.69. The van der Waals surface area contributed by atoms with Crippen LogP contribution in [-0.4, -0.2) is 32.7 Å². The molecule has 4 heteroatoms. The molecule has 1 saturated heterocycles. The smallest absolute Gasteiger partial charge is 0.250 e. The third kappa shape index (κ3) is 4.24. The largest absolute Gasteiger partial charge is 0.375 e. The standard InChI is InChI=1S/C15H22N2O2/c1-19-12-15(18)16-13-6-8-14(9-7-13)17-10-4-2-3-5-11-17/h6-9H,2-5,10-12H2,1H3,(H,16,18). The molecule has 0 saturated carbocycles. The summed E-state index contributed by atoms with van der Waals surface area (Å²) in [7, 11) is 1.52. The van der Waals surface area contributed by atoms with E-state index in [1.54, 1.807) is 0 Å². The van der Waals surface area contributed by atoms with Crippen molar-refractivity contribution in [3.63, 3.8) is 0 Å². The van der Waals surface area contributed by atoms with Gasteiger partial charge in [0, 0.05) is 31.6 Å². The lowest BCUT2D eigenvalue weighted by atomic mass is 10.2. The van der Waals surface area contributed by atoms with Crippen LogP contribution in [0.3, 0.4) is 0 Å². The summed E-state index contributed by atoms with van der Waals surface area (Å²) in [5, 5.41) is 2.80. The number of benzene rings is 1. The highest BCUT2D eigenvalue weighted by Gasteiger charge is 2.09. The summed E-state index contributed by atoms with van der Waals surface area (Å²) < 4.78 is 4.79. The minimum Gasteiger partial charge on any atom is -0.375 e. The molecule has 104 valence electrons. The number of nitrogens with one attached hydrogen (secondary N) is 1. The van der Waals surface area contributed by atoms with E-state index in [9.17, 15) is 4.79 Å². The Bertz CT molecular complexity index is 395. The van der Waals surface area contributed by atoms with E-state index in [1.165, 1.54) is 38.5 Å². The van der Waals surface area contributed by atoms with Crippen LogP contribution < -0.4 is 10.2 Å². The van der Waals surface area contributed by atoms with Crippen molar-refractivity contribution in [3.8, 4) is 0 Å². The second-order valence-electron chi connectivity index (χ2n) is 4.93. The molecule has 1 amide bonds. The lowest BCUT2D eigenvalue weighted by Crippen LogP contribution is -2.23. The van der Waals surface area contributed by atoms with Gasteiger partial charge in [-0.25, -0.2) is 0 Å². The van der Waals surface area contributed by atoms with E-state index in [1.807, 2.05) is 12.1 Å². The van der Waals surface area contributed by atoms with Gasteiger partial charge >= 0.3 is 0 Å². The summed E-state index contributed by atoms with van der Waals surface area (Å²) in [5.74, 6) is -0.120. The highest BCUT2D eigenvalue weighted by Crippen LogP contribution is 2.21. The van der Waals surface area contributed by atoms with Crippen LogP contribution in [-0.2, 0) is 9.53 Å². The summed E-state index contributed by atoms with van der Waals surface area (Å²) in [4.78, 5) is 13.8. The highest BCUT2D eigenvalue weighted by molar-refractivity contribution is 5.91. The Morgan fingerprint density at radius 1 is 1.16 bits per heavy atom. The molecule has 1 fully saturated rings. The topological polar surface area (TPSA) is 41.6 Å². The Morgan fingerprint density at radius 2 is 1.79 bits per heavy atom. The molecular formula is C15H22N2O2. The van der Waals surface area contributed by atoms with Gasteiger partial charge in [-0.2, -0.15) is 0 Å². The zero-order valence-corrected chi connectivity index (χ0v) is 11.5. The molecule has 0 radical (unpaired) electrons. The molecule has 0 atom stereocenters. The van der Waals surface area contributed by atoms with Gasteiger partial charge in [0.25, 0.3) is 0 Å². The number of carbonyl (C=O) groups is 1. The maximum atomic E-state index is 11.4. The van der Waals surface area contributed by atoms with E-state index < -0.39 is 0 Å². The first kappa shape index (κ1) is 13.9. The van der Waals surface area contributed by atoms with Crippen LogP contribution in [0.5, 0.6) is 0 Å². The van der Waals surface area contributed by atoms with Gasteiger partial charge in [0.15, 0.2) is 0 Å². The van der Waals surface area contributed by atoms with Crippen LogP contribution in [0.4, 0.5) is 11.4 Å². The Morgan fingerprint density at radius 3 is 2.37 bits per heavy atom. The minimum atomic E-state index is -0.120. The van der Waals surface area contributed by atoms with Gasteiger partial charge in [-0.1, -0.05) is 12.8 Å². The van der Waals surface area contributed by atoms with Crippen LogP contribution in [0.1, 0.15) is 25.7 Å². The van der Waals surface area contributed by atoms with Crippen molar-refractivity contribution in [2.75, 3.05) is 37.0 Å². The van der Waals surface area contributed by atoms with Gasteiger partial charge in [-0.3, -0.25) is 4.79 Å². The number of ether oxygens (including phenoxy) is 1. The average molecular weight is 262 g/mol. The van der Waals surface area contributed by atoms with Gasteiger partial charge in [-0.05, 0) is 37.1 Å². The van der Waals surface area contributed by atoms with Crippen molar-refractivity contribution in [1.29, 1.82) is 0 Å².